The molecule has 0 aliphatic carbocycles. The Morgan fingerprint density at radius 1 is 1.16 bits per heavy atom. The van der Waals surface area contributed by atoms with Crippen LogP contribution >= 0.6 is 11.6 Å². The van der Waals surface area contributed by atoms with Crippen LogP contribution in [0.4, 0.5) is 5.69 Å². The molecule has 0 saturated heterocycles. The maximum Gasteiger partial charge on any atom is 0.0842 e. The van der Waals surface area contributed by atoms with E-state index in [-0.39, 0.29) is 6.61 Å². The lowest BCUT2D eigenvalue weighted by Crippen LogP contribution is -2.36. The van der Waals surface area contributed by atoms with E-state index in [0.29, 0.717) is 5.02 Å². The number of anilines is 1. The molecule has 2 nitrogen and oxygen atoms in total. The third kappa shape index (κ3) is 3.09. The van der Waals surface area contributed by atoms with Crippen LogP contribution < -0.4 is 5.32 Å². The van der Waals surface area contributed by atoms with E-state index in [1.807, 2.05) is 62.4 Å². The summed E-state index contributed by atoms with van der Waals surface area (Å²) in [5.74, 6) is 0. The monoisotopic (exact) mass is 275 g/mol. The molecule has 2 aromatic rings. The summed E-state index contributed by atoms with van der Waals surface area (Å²) in [4.78, 5) is 0. The summed E-state index contributed by atoms with van der Waals surface area (Å²) in [7, 11) is 0. The highest BCUT2D eigenvalue weighted by atomic mass is 35.5. The molecule has 0 aliphatic heterocycles. The van der Waals surface area contributed by atoms with E-state index in [1.54, 1.807) is 0 Å². The molecule has 3 heteroatoms. The first-order valence-corrected chi connectivity index (χ1v) is 6.64. The van der Waals surface area contributed by atoms with Gasteiger partial charge in [0.2, 0.25) is 0 Å². The summed E-state index contributed by atoms with van der Waals surface area (Å²) in [6, 6.07) is 15.6. The van der Waals surface area contributed by atoms with Crippen LogP contribution in [0.1, 0.15) is 18.1 Å². The number of rotatable bonds is 4. The van der Waals surface area contributed by atoms with Crippen molar-refractivity contribution in [2.75, 3.05) is 11.9 Å². The molecule has 0 amide bonds. The van der Waals surface area contributed by atoms with Gasteiger partial charge in [-0.05, 0) is 43.2 Å². The number of benzene rings is 2. The molecule has 19 heavy (non-hydrogen) atoms. The number of nitrogens with one attached hydrogen (secondary N) is 1. The maximum absolute atomic E-state index is 9.77. The highest BCUT2D eigenvalue weighted by molar-refractivity contribution is 6.31. The van der Waals surface area contributed by atoms with E-state index in [0.717, 1.165) is 11.3 Å². The Bertz CT molecular complexity index is 570. The Hall–Kier alpha value is -1.51. The zero-order chi connectivity index (χ0) is 13.9. The molecule has 0 saturated carbocycles. The van der Waals surface area contributed by atoms with Crippen molar-refractivity contribution < 1.29 is 5.11 Å². The molecule has 1 atom stereocenters. The second kappa shape index (κ2) is 5.64. The molecule has 0 heterocycles. The van der Waals surface area contributed by atoms with Crippen LogP contribution in [0.5, 0.6) is 0 Å². The van der Waals surface area contributed by atoms with E-state index in [1.165, 1.54) is 5.56 Å². The Balaban J connectivity index is 2.36. The lowest BCUT2D eigenvalue weighted by molar-refractivity contribution is 0.224. The summed E-state index contributed by atoms with van der Waals surface area (Å²) in [5, 5.41) is 13.8. The van der Waals surface area contributed by atoms with Crippen molar-refractivity contribution in [3.8, 4) is 0 Å². The van der Waals surface area contributed by atoms with E-state index >= 15 is 0 Å². The van der Waals surface area contributed by atoms with Crippen LogP contribution in [-0.2, 0) is 5.54 Å². The molecule has 0 radical (unpaired) electrons. The quantitative estimate of drug-likeness (QED) is 0.885. The zero-order valence-electron chi connectivity index (χ0n) is 11.2. The summed E-state index contributed by atoms with van der Waals surface area (Å²) in [5.41, 5.74) is 2.42. The normalized spacial score (nSPS) is 13.9. The fourth-order valence-electron chi connectivity index (χ4n) is 2.14. The molecule has 1 unspecified atom stereocenters. The minimum absolute atomic E-state index is 0.0370. The van der Waals surface area contributed by atoms with Gasteiger partial charge in [-0.3, -0.25) is 0 Å². The smallest absolute Gasteiger partial charge is 0.0842 e. The van der Waals surface area contributed by atoms with E-state index < -0.39 is 5.54 Å². The molecule has 0 spiro atoms. The summed E-state index contributed by atoms with van der Waals surface area (Å²) in [6.45, 7) is 3.94. The molecular weight excluding hydrogens is 258 g/mol. The zero-order valence-corrected chi connectivity index (χ0v) is 11.9. The summed E-state index contributed by atoms with van der Waals surface area (Å²) >= 11 is 6.23. The van der Waals surface area contributed by atoms with Gasteiger partial charge >= 0.3 is 0 Å². The molecule has 0 fully saturated rings. The Kier molecular flexibility index (Phi) is 4.13. The number of hydrogen-bond donors (Lipinski definition) is 2. The molecule has 0 bridgehead atoms. The van der Waals surface area contributed by atoms with Crippen molar-refractivity contribution in [3.05, 3.63) is 64.7 Å². The van der Waals surface area contributed by atoms with Crippen LogP contribution in [0.3, 0.4) is 0 Å². The number of aliphatic hydroxyl groups excluding tert-OH is 1. The van der Waals surface area contributed by atoms with Crippen LogP contribution in [0.15, 0.2) is 48.5 Å². The van der Waals surface area contributed by atoms with Crippen molar-refractivity contribution in [1.82, 2.24) is 0 Å². The van der Waals surface area contributed by atoms with Crippen molar-refractivity contribution in [3.63, 3.8) is 0 Å². The van der Waals surface area contributed by atoms with Gasteiger partial charge in [-0.2, -0.15) is 0 Å². The highest BCUT2D eigenvalue weighted by Gasteiger charge is 2.27. The Labute approximate surface area is 119 Å². The average molecular weight is 276 g/mol. The van der Waals surface area contributed by atoms with Gasteiger partial charge in [-0.1, -0.05) is 41.9 Å². The van der Waals surface area contributed by atoms with Gasteiger partial charge in [0.05, 0.1) is 12.1 Å². The highest BCUT2D eigenvalue weighted by Crippen LogP contribution is 2.31. The van der Waals surface area contributed by atoms with Crippen molar-refractivity contribution >= 4 is 17.3 Å². The number of hydrogen-bond acceptors (Lipinski definition) is 2. The predicted octanol–water partition coefficient (Wildman–Crippen LogP) is 3.97. The van der Waals surface area contributed by atoms with Gasteiger partial charge in [-0.25, -0.2) is 0 Å². The first-order chi connectivity index (χ1) is 9.05. The molecule has 2 rings (SSSR count). The largest absolute Gasteiger partial charge is 0.394 e. The molecule has 2 aromatic carbocycles. The fraction of sp³-hybridized carbons (Fsp3) is 0.250. The third-order valence-corrected chi connectivity index (χ3v) is 3.55. The van der Waals surface area contributed by atoms with E-state index in [4.69, 9.17) is 11.6 Å². The van der Waals surface area contributed by atoms with Gasteiger partial charge in [-0.15, -0.1) is 0 Å². The second-order valence-corrected chi connectivity index (χ2v) is 5.37. The van der Waals surface area contributed by atoms with Crippen LogP contribution in [-0.4, -0.2) is 11.7 Å². The Morgan fingerprint density at radius 2 is 1.89 bits per heavy atom. The predicted molar refractivity (Wildman–Crippen MR) is 80.7 cm³/mol. The second-order valence-electron chi connectivity index (χ2n) is 4.96. The lowest BCUT2D eigenvalue weighted by Gasteiger charge is -2.31. The third-order valence-electron chi connectivity index (χ3n) is 3.22. The molecule has 2 N–H and O–H groups in total. The van der Waals surface area contributed by atoms with Gasteiger partial charge in [0, 0.05) is 10.7 Å². The van der Waals surface area contributed by atoms with Crippen molar-refractivity contribution in [1.29, 1.82) is 0 Å². The van der Waals surface area contributed by atoms with E-state index in [9.17, 15) is 5.11 Å². The maximum atomic E-state index is 9.77. The van der Waals surface area contributed by atoms with Gasteiger partial charge in [0.1, 0.15) is 0 Å². The average Bonchev–Trinajstić information content (AvgIpc) is 2.39. The van der Waals surface area contributed by atoms with Gasteiger partial charge in [0.15, 0.2) is 0 Å². The van der Waals surface area contributed by atoms with Crippen LogP contribution in [0, 0.1) is 6.92 Å². The summed E-state index contributed by atoms with van der Waals surface area (Å²) in [6.07, 6.45) is 0. The lowest BCUT2D eigenvalue weighted by atomic mass is 9.92. The van der Waals surface area contributed by atoms with Gasteiger partial charge < -0.3 is 10.4 Å². The topological polar surface area (TPSA) is 32.3 Å². The Morgan fingerprint density at radius 3 is 2.53 bits per heavy atom. The minimum Gasteiger partial charge on any atom is -0.394 e. The molecular formula is C16H18ClNO. The SMILES string of the molecule is Cc1cccc(NC(C)(CO)c2ccccc2Cl)c1. The number of aliphatic hydroxyl groups is 1. The first kappa shape index (κ1) is 13.9. The van der Waals surface area contributed by atoms with Crippen molar-refractivity contribution in [2.45, 2.75) is 19.4 Å². The van der Waals surface area contributed by atoms with Crippen molar-refractivity contribution in [2.24, 2.45) is 0 Å². The first-order valence-electron chi connectivity index (χ1n) is 6.26. The molecule has 0 aliphatic rings. The fourth-order valence-corrected chi connectivity index (χ4v) is 2.49. The number of halogens is 1. The molecule has 100 valence electrons. The van der Waals surface area contributed by atoms with Crippen LogP contribution in [0.2, 0.25) is 5.02 Å². The molecule has 0 aromatic heterocycles. The minimum atomic E-state index is -0.605. The summed E-state index contributed by atoms with van der Waals surface area (Å²) < 4.78 is 0. The number of aryl methyl sites for hydroxylation is 1. The van der Waals surface area contributed by atoms with Crippen LogP contribution in [0.25, 0.3) is 0 Å². The van der Waals surface area contributed by atoms with Gasteiger partial charge in [0.25, 0.3) is 0 Å². The van der Waals surface area contributed by atoms with E-state index in [2.05, 4.69) is 5.32 Å². The standard InChI is InChI=1S/C16H18ClNO/c1-12-6-5-7-13(10-12)18-16(2,11-19)14-8-3-4-9-15(14)17/h3-10,18-19H,11H2,1-2H3.